The van der Waals surface area contributed by atoms with Crippen molar-refractivity contribution in [2.75, 3.05) is 25.0 Å². The summed E-state index contributed by atoms with van der Waals surface area (Å²) in [4.78, 5) is 29.2. The number of hydrogen-bond donors (Lipinski definition) is 2. The molecule has 9 heteroatoms. The van der Waals surface area contributed by atoms with Gasteiger partial charge in [-0.25, -0.2) is 19.3 Å². The molecule has 1 unspecified atom stereocenters. The van der Waals surface area contributed by atoms with Gasteiger partial charge in [-0.3, -0.25) is 9.97 Å². The summed E-state index contributed by atoms with van der Waals surface area (Å²) < 4.78 is 14.5. The predicted octanol–water partition coefficient (Wildman–Crippen LogP) is 5.47. The molecular formula is C30H31FN8. The van der Waals surface area contributed by atoms with Crippen molar-refractivity contribution < 1.29 is 4.39 Å². The van der Waals surface area contributed by atoms with Gasteiger partial charge < -0.3 is 15.2 Å². The maximum absolute atomic E-state index is 14.5. The summed E-state index contributed by atoms with van der Waals surface area (Å²) in [6.45, 7) is 6.57. The second-order valence-electron chi connectivity index (χ2n) is 11.5. The fourth-order valence-electron chi connectivity index (χ4n) is 6.13. The first-order valence-electron chi connectivity index (χ1n) is 13.6. The molecule has 1 saturated carbocycles. The normalized spacial score (nSPS) is 19.0. The van der Waals surface area contributed by atoms with E-state index in [0.717, 1.165) is 47.2 Å². The highest BCUT2D eigenvalue weighted by Crippen LogP contribution is 2.46. The number of aromatic amines is 1. The third-order valence-electron chi connectivity index (χ3n) is 8.30. The fraction of sp³-hybridized carbons (Fsp3) is 0.367. The maximum Gasteiger partial charge on any atom is 0.163 e. The van der Waals surface area contributed by atoms with Gasteiger partial charge in [0, 0.05) is 54.6 Å². The molecule has 0 aromatic carbocycles. The van der Waals surface area contributed by atoms with E-state index < -0.39 is 0 Å². The van der Waals surface area contributed by atoms with Crippen molar-refractivity contribution in [3.8, 4) is 22.8 Å². The van der Waals surface area contributed by atoms with Crippen LogP contribution in [0.3, 0.4) is 0 Å². The van der Waals surface area contributed by atoms with Crippen LogP contribution in [0.2, 0.25) is 0 Å². The molecule has 198 valence electrons. The lowest BCUT2D eigenvalue weighted by atomic mass is 9.79. The highest BCUT2D eigenvalue weighted by Gasteiger charge is 2.37. The minimum Gasteiger partial charge on any atom is -0.355 e. The summed E-state index contributed by atoms with van der Waals surface area (Å²) in [5.74, 6) is 1.66. The van der Waals surface area contributed by atoms with E-state index in [4.69, 9.17) is 9.97 Å². The molecule has 2 fully saturated rings. The lowest BCUT2D eigenvalue weighted by Gasteiger charge is -2.45. The van der Waals surface area contributed by atoms with Gasteiger partial charge >= 0.3 is 0 Å². The van der Waals surface area contributed by atoms with Gasteiger partial charge in [0.05, 0.1) is 17.4 Å². The van der Waals surface area contributed by atoms with Crippen molar-refractivity contribution in [1.29, 1.82) is 0 Å². The van der Waals surface area contributed by atoms with Gasteiger partial charge in [0.25, 0.3) is 0 Å². The zero-order chi connectivity index (χ0) is 26.7. The highest BCUT2D eigenvalue weighted by atomic mass is 19.1. The SMILES string of the molecule is CN(c1nc(-c2ccnc3[nH]c(-c4ncccc4F)cc23)nc2cncc(C3CC3)c12)C1CCNCC1(C)C. The Hall–Kier alpha value is -3.98. The number of H-pyrrole nitrogens is 1. The van der Waals surface area contributed by atoms with Gasteiger partial charge in [0.2, 0.25) is 0 Å². The third-order valence-corrected chi connectivity index (χ3v) is 8.30. The van der Waals surface area contributed by atoms with Crippen LogP contribution in [0.1, 0.15) is 44.6 Å². The molecule has 1 saturated heterocycles. The Morgan fingerprint density at radius 3 is 2.72 bits per heavy atom. The smallest absolute Gasteiger partial charge is 0.163 e. The van der Waals surface area contributed by atoms with Crippen molar-refractivity contribution in [2.24, 2.45) is 5.41 Å². The van der Waals surface area contributed by atoms with E-state index in [2.05, 4.69) is 51.0 Å². The van der Waals surface area contributed by atoms with Crippen LogP contribution in [-0.2, 0) is 0 Å². The lowest BCUT2D eigenvalue weighted by molar-refractivity contribution is 0.215. The van der Waals surface area contributed by atoms with E-state index in [-0.39, 0.29) is 16.9 Å². The Labute approximate surface area is 226 Å². The van der Waals surface area contributed by atoms with E-state index in [9.17, 15) is 4.39 Å². The van der Waals surface area contributed by atoms with Gasteiger partial charge in [-0.05, 0) is 67.0 Å². The van der Waals surface area contributed by atoms with Crippen LogP contribution >= 0.6 is 0 Å². The second kappa shape index (κ2) is 9.05. The Kier molecular flexibility index (Phi) is 5.59. The van der Waals surface area contributed by atoms with Crippen LogP contribution in [-0.4, -0.2) is 56.1 Å². The first kappa shape index (κ1) is 24.1. The summed E-state index contributed by atoms with van der Waals surface area (Å²) in [5.41, 5.74) is 4.44. The molecule has 1 atom stereocenters. The van der Waals surface area contributed by atoms with E-state index in [0.29, 0.717) is 29.1 Å². The molecule has 39 heavy (non-hydrogen) atoms. The Bertz CT molecular complexity index is 1710. The Morgan fingerprint density at radius 1 is 1.05 bits per heavy atom. The molecule has 5 aromatic rings. The summed E-state index contributed by atoms with van der Waals surface area (Å²) in [6, 6.07) is 7.11. The minimum absolute atomic E-state index is 0.0729. The molecule has 1 aliphatic heterocycles. The van der Waals surface area contributed by atoms with E-state index >= 15 is 0 Å². The average Bonchev–Trinajstić information content (AvgIpc) is 3.69. The van der Waals surface area contributed by atoms with Crippen molar-refractivity contribution >= 4 is 27.8 Å². The first-order valence-corrected chi connectivity index (χ1v) is 13.6. The van der Waals surface area contributed by atoms with Gasteiger partial charge in [0.1, 0.15) is 17.2 Å². The number of pyridine rings is 3. The highest BCUT2D eigenvalue weighted by molar-refractivity contribution is 5.98. The van der Waals surface area contributed by atoms with Gasteiger partial charge in [-0.1, -0.05) is 13.8 Å². The van der Waals surface area contributed by atoms with E-state index in [1.165, 1.54) is 24.5 Å². The summed E-state index contributed by atoms with van der Waals surface area (Å²) in [6.07, 6.45) is 10.5. The molecular weight excluding hydrogens is 491 g/mol. The largest absolute Gasteiger partial charge is 0.355 e. The van der Waals surface area contributed by atoms with E-state index in [1.807, 2.05) is 24.5 Å². The number of fused-ring (bicyclic) bond motifs is 2. The van der Waals surface area contributed by atoms with Gasteiger partial charge in [-0.2, -0.15) is 0 Å². The third kappa shape index (κ3) is 4.12. The van der Waals surface area contributed by atoms with Crippen LogP contribution in [0.15, 0.2) is 49.1 Å². The number of piperidine rings is 1. The first-order chi connectivity index (χ1) is 18.9. The van der Waals surface area contributed by atoms with Gasteiger partial charge in [-0.15, -0.1) is 0 Å². The maximum atomic E-state index is 14.5. The molecule has 7 rings (SSSR count). The van der Waals surface area contributed by atoms with Crippen LogP contribution in [0.25, 0.3) is 44.7 Å². The second-order valence-corrected chi connectivity index (χ2v) is 11.5. The predicted molar refractivity (Wildman–Crippen MR) is 151 cm³/mol. The van der Waals surface area contributed by atoms with E-state index in [1.54, 1.807) is 18.5 Å². The number of anilines is 1. The van der Waals surface area contributed by atoms with Crippen molar-refractivity contribution in [3.05, 3.63) is 60.4 Å². The van der Waals surface area contributed by atoms with Gasteiger partial charge in [0.15, 0.2) is 11.6 Å². The zero-order valence-electron chi connectivity index (χ0n) is 22.4. The molecule has 6 heterocycles. The lowest BCUT2D eigenvalue weighted by Crippen LogP contribution is -2.53. The standard InChI is InChI=1S/C30H31FN8/c1-30(2)16-32-11-9-24(30)39(3)29-25-20(17-6-7-17)14-33-15-23(25)37-28(38-29)18-8-12-35-27-19(18)13-22(36-27)26-21(31)5-4-10-34-26/h4-5,8,10,12-15,17,24,32H,6-7,9,11,16H2,1-3H3,(H,35,36). The fourth-order valence-corrected chi connectivity index (χ4v) is 6.13. The molecule has 0 spiro atoms. The van der Waals surface area contributed by atoms with Crippen molar-refractivity contribution in [1.82, 2.24) is 35.2 Å². The topological polar surface area (TPSA) is 95.5 Å². The number of halogens is 1. The quantitative estimate of drug-likeness (QED) is 0.316. The molecule has 5 aromatic heterocycles. The number of hydrogen-bond acceptors (Lipinski definition) is 7. The number of nitrogens with one attached hydrogen (secondary N) is 2. The number of nitrogens with zero attached hydrogens (tertiary/aromatic N) is 6. The average molecular weight is 523 g/mol. The van der Waals surface area contributed by atoms with Crippen molar-refractivity contribution in [2.45, 2.75) is 45.1 Å². The molecule has 2 N–H and O–H groups in total. The zero-order valence-corrected chi connectivity index (χ0v) is 22.4. The molecule has 0 bridgehead atoms. The van der Waals surface area contributed by atoms with Crippen LogP contribution in [0.4, 0.5) is 10.2 Å². The number of rotatable bonds is 5. The van der Waals surface area contributed by atoms with Crippen LogP contribution in [0, 0.1) is 11.2 Å². The summed E-state index contributed by atoms with van der Waals surface area (Å²) in [7, 11) is 2.17. The summed E-state index contributed by atoms with van der Waals surface area (Å²) >= 11 is 0. The molecule has 2 aliphatic rings. The monoisotopic (exact) mass is 522 g/mol. The Balaban J connectivity index is 1.43. The van der Waals surface area contributed by atoms with Crippen LogP contribution < -0.4 is 10.2 Å². The minimum atomic E-state index is -0.389. The summed E-state index contributed by atoms with van der Waals surface area (Å²) in [5, 5.41) is 5.47. The molecule has 1 aliphatic carbocycles. The molecule has 8 nitrogen and oxygen atoms in total. The molecule has 0 amide bonds. The van der Waals surface area contributed by atoms with Crippen molar-refractivity contribution in [3.63, 3.8) is 0 Å². The Morgan fingerprint density at radius 2 is 1.92 bits per heavy atom. The van der Waals surface area contributed by atoms with Crippen LogP contribution in [0.5, 0.6) is 0 Å². The molecule has 0 radical (unpaired) electrons. The number of aromatic nitrogens is 6.